The van der Waals surface area contributed by atoms with Crippen molar-refractivity contribution in [2.24, 2.45) is 0 Å². The van der Waals surface area contributed by atoms with Crippen LogP contribution in [-0.4, -0.2) is 38.8 Å². The van der Waals surface area contributed by atoms with Crippen LogP contribution in [0.3, 0.4) is 0 Å². The highest BCUT2D eigenvalue weighted by Gasteiger charge is 2.39. The van der Waals surface area contributed by atoms with E-state index < -0.39 is 18.0 Å². The fraction of sp³-hybridized carbons (Fsp3) is 0.375. The predicted octanol–water partition coefficient (Wildman–Crippen LogP) is 2.71. The molecule has 1 aliphatic heterocycles. The number of rotatable bonds is 2. The summed E-state index contributed by atoms with van der Waals surface area (Å²) in [5, 5.41) is 22.5. The number of hydrogen-bond acceptors (Lipinski definition) is 5. The smallest absolute Gasteiger partial charge is 0.452 e. The predicted molar refractivity (Wildman–Crippen MR) is 80.0 cm³/mol. The van der Waals surface area contributed by atoms with E-state index in [4.69, 9.17) is 0 Å². The Morgan fingerprint density at radius 3 is 2.72 bits per heavy atom. The van der Waals surface area contributed by atoms with Crippen LogP contribution in [0.1, 0.15) is 29.9 Å². The number of alkyl halides is 3. The summed E-state index contributed by atoms with van der Waals surface area (Å²) in [6.45, 7) is 1.50. The van der Waals surface area contributed by atoms with Crippen LogP contribution in [0.2, 0.25) is 0 Å². The van der Waals surface area contributed by atoms with E-state index in [1.165, 1.54) is 30.2 Å². The second-order valence-corrected chi connectivity index (χ2v) is 5.90. The summed E-state index contributed by atoms with van der Waals surface area (Å²) < 4.78 is 42.8. The molecule has 6 nitrogen and oxygen atoms in total. The quantitative estimate of drug-likeness (QED) is 0.851. The first-order valence-electron chi connectivity index (χ1n) is 7.51. The summed E-state index contributed by atoms with van der Waals surface area (Å²) in [5.74, 6) is -1.84. The van der Waals surface area contributed by atoms with Crippen molar-refractivity contribution in [3.63, 3.8) is 0 Å². The minimum atomic E-state index is -4.63. The SMILES string of the molecule is Cc1c(C2=CC=C(C(=O)N3C=C(O)C(O)CC3)C2)noc1C(F)(F)F. The first-order chi connectivity index (χ1) is 11.7. The highest BCUT2D eigenvalue weighted by molar-refractivity contribution is 5.99. The molecular formula is C16H15F3N2O4. The molecule has 1 unspecified atom stereocenters. The molecule has 2 heterocycles. The Morgan fingerprint density at radius 1 is 1.40 bits per heavy atom. The Bertz CT molecular complexity index is 805. The Balaban J connectivity index is 1.74. The third kappa shape index (κ3) is 3.19. The van der Waals surface area contributed by atoms with E-state index in [0.717, 1.165) is 0 Å². The molecule has 0 saturated heterocycles. The number of aliphatic hydroxyl groups is 2. The first-order valence-corrected chi connectivity index (χ1v) is 7.51. The zero-order valence-electron chi connectivity index (χ0n) is 13.2. The molecule has 1 amide bonds. The van der Waals surface area contributed by atoms with Crippen LogP contribution in [0.4, 0.5) is 13.2 Å². The van der Waals surface area contributed by atoms with Crippen LogP contribution >= 0.6 is 0 Å². The maximum Gasteiger partial charge on any atom is 0.452 e. The zero-order chi connectivity index (χ0) is 18.4. The van der Waals surface area contributed by atoms with Gasteiger partial charge in [0.1, 0.15) is 17.6 Å². The van der Waals surface area contributed by atoms with Crippen molar-refractivity contribution in [2.75, 3.05) is 6.54 Å². The zero-order valence-corrected chi connectivity index (χ0v) is 13.2. The van der Waals surface area contributed by atoms with Gasteiger partial charge in [-0.15, -0.1) is 0 Å². The molecule has 134 valence electrons. The van der Waals surface area contributed by atoms with Gasteiger partial charge in [0.15, 0.2) is 0 Å². The molecule has 3 rings (SSSR count). The summed E-state index contributed by atoms with van der Waals surface area (Å²) in [5.41, 5.74) is 0.745. The lowest BCUT2D eigenvalue weighted by Gasteiger charge is -2.26. The second kappa shape index (κ2) is 6.07. The fourth-order valence-electron chi connectivity index (χ4n) is 2.80. The van der Waals surface area contributed by atoms with E-state index in [-0.39, 0.29) is 42.3 Å². The molecule has 0 radical (unpaired) electrons. The van der Waals surface area contributed by atoms with Crippen molar-refractivity contribution in [3.8, 4) is 0 Å². The Morgan fingerprint density at radius 2 is 2.12 bits per heavy atom. The molecular weight excluding hydrogens is 341 g/mol. The number of aliphatic hydroxyl groups excluding tert-OH is 2. The van der Waals surface area contributed by atoms with Gasteiger partial charge in [-0.3, -0.25) is 4.79 Å². The lowest BCUT2D eigenvalue weighted by atomic mass is 10.0. The van der Waals surface area contributed by atoms with E-state index in [2.05, 4.69) is 9.68 Å². The van der Waals surface area contributed by atoms with E-state index in [9.17, 15) is 28.2 Å². The van der Waals surface area contributed by atoms with Crippen molar-refractivity contribution in [1.29, 1.82) is 0 Å². The lowest BCUT2D eigenvalue weighted by molar-refractivity contribution is -0.156. The van der Waals surface area contributed by atoms with Crippen molar-refractivity contribution < 1.29 is 32.7 Å². The maximum absolute atomic E-state index is 12.8. The molecule has 0 fully saturated rings. The van der Waals surface area contributed by atoms with Crippen LogP contribution in [0, 0.1) is 6.92 Å². The van der Waals surface area contributed by atoms with Gasteiger partial charge in [-0.2, -0.15) is 13.2 Å². The van der Waals surface area contributed by atoms with Gasteiger partial charge < -0.3 is 19.6 Å². The van der Waals surface area contributed by atoms with E-state index >= 15 is 0 Å². The largest absolute Gasteiger partial charge is 0.508 e. The van der Waals surface area contributed by atoms with Gasteiger partial charge in [0.05, 0.1) is 0 Å². The Kier molecular flexibility index (Phi) is 4.19. The van der Waals surface area contributed by atoms with Crippen molar-refractivity contribution in [3.05, 3.63) is 46.7 Å². The number of carbonyl (C=O) groups is 1. The average molecular weight is 356 g/mol. The molecule has 0 aromatic carbocycles. The average Bonchev–Trinajstić information content (AvgIpc) is 3.15. The van der Waals surface area contributed by atoms with Crippen LogP contribution in [-0.2, 0) is 11.0 Å². The molecule has 25 heavy (non-hydrogen) atoms. The van der Waals surface area contributed by atoms with Crippen molar-refractivity contribution in [1.82, 2.24) is 10.1 Å². The van der Waals surface area contributed by atoms with Crippen LogP contribution < -0.4 is 0 Å². The van der Waals surface area contributed by atoms with Crippen molar-refractivity contribution in [2.45, 2.75) is 32.0 Å². The topological polar surface area (TPSA) is 86.8 Å². The highest BCUT2D eigenvalue weighted by atomic mass is 19.4. The van der Waals surface area contributed by atoms with Gasteiger partial charge in [-0.1, -0.05) is 17.3 Å². The first kappa shape index (κ1) is 17.3. The monoisotopic (exact) mass is 356 g/mol. The van der Waals surface area contributed by atoms with Gasteiger partial charge in [0.25, 0.3) is 5.91 Å². The molecule has 1 aromatic rings. The standard InChI is InChI=1S/C16H15F3N2O4/c1-8-13(20-25-14(8)16(17,18)19)9-2-3-10(6-9)15(24)21-5-4-11(22)12(23)7-21/h2-3,7,11,22-23H,4-6H2,1H3. The Labute approximate surface area is 140 Å². The molecule has 1 aliphatic carbocycles. The molecule has 1 aromatic heterocycles. The van der Waals surface area contributed by atoms with Gasteiger partial charge in [-0.05, 0) is 18.9 Å². The highest BCUT2D eigenvalue weighted by Crippen LogP contribution is 2.37. The molecule has 0 saturated carbocycles. The number of allylic oxidation sites excluding steroid dienone is 3. The summed E-state index contributed by atoms with van der Waals surface area (Å²) in [4.78, 5) is 13.7. The number of hydrogen-bond donors (Lipinski definition) is 2. The summed E-state index contributed by atoms with van der Waals surface area (Å²) >= 11 is 0. The summed E-state index contributed by atoms with van der Waals surface area (Å²) in [7, 11) is 0. The van der Waals surface area contributed by atoms with Gasteiger partial charge in [0, 0.05) is 30.3 Å². The lowest BCUT2D eigenvalue weighted by Crippen LogP contribution is -2.35. The van der Waals surface area contributed by atoms with Gasteiger partial charge in [-0.25, -0.2) is 0 Å². The molecule has 2 N–H and O–H groups in total. The Hall–Kier alpha value is -2.55. The number of halogens is 3. The molecule has 0 bridgehead atoms. The third-order valence-electron chi connectivity index (χ3n) is 4.16. The minimum absolute atomic E-state index is 0.0684. The van der Waals surface area contributed by atoms with Crippen LogP contribution in [0.5, 0.6) is 0 Å². The van der Waals surface area contributed by atoms with Crippen LogP contribution in [0.15, 0.2) is 34.2 Å². The summed E-state index contributed by atoms with van der Waals surface area (Å²) in [6.07, 6.45) is -1.10. The maximum atomic E-state index is 12.8. The van der Waals surface area contributed by atoms with E-state index in [1.54, 1.807) is 0 Å². The van der Waals surface area contributed by atoms with Gasteiger partial charge >= 0.3 is 6.18 Å². The normalized spacial score (nSPS) is 21.1. The third-order valence-corrected chi connectivity index (χ3v) is 4.16. The number of nitrogens with zero attached hydrogens (tertiary/aromatic N) is 2. The summed E-state index contributed by atoms with van der Waals surface area (Å²) in [6, 6.07) is 0. The fourth-order valence-corrected chi connectivity index (χ4v) is 2.80. The molecule has 0 spiro atoms. The molecule has 1 atom stereocenters. The number of amides is 1. The number of aromatic nitrogens is 1. The second-order valence-electron chi connectivity index (χ2n) is 5.90. The molecule has 9 heteroatoms. The minimum Gasteiger partial charge on any atom is -0.508 e. The van der Waals surface area contributed by atoms with Gasteiger partial charge in [0.2, 0.25) is 5.76 Å². The van der Waals surface area contributed by atoms with E-state index in [1.807, 2.05) is 0 Å². The van der Waals surface area contributed by atoms with Crippen LogP contribution in [0.25, 0.3) is 5.57 Å². The van der Waals surface area contributed by atoms with Crippen molar-refractivity contribution >= 4 is 11.5 Å². The van der Waals surface area contributed by atoms with E-state index in [0.29, 0.717) is 11.1 Å². The molecule has 2 aliphatic rings. The number of carbonyl (C=O) groups excluding carboxylic acids is 1.